The first kappa shape index (κ1) is 19.4. The standard InChI is InChI=1S/C23H22ClNO4/c1-26-22-11-18(9-19(24)23(22)27-14-16-5-3-2-4-6-16)13-25-12-17-7-8-20-21(10-17)29-15-28-20/h2-11,25H,12-15H2,1H3. The molecule has 1 N–H and O–H groups in total. The highest BCUT2D eigenvalue weighted by molar-refractivity contribution is 6.32. The van der Waals surface area contributed by atoms with Gasteiger partial charge in [0.1, 0.15) is 6.61 Å². The van der Waals surface area contributed by atoms with Crippen LogP contribution in [0.4, 0.5) is 0 Å². The second kappa shape index (κ2) is 9.07. The molecule has 3 aromatic rings. The van der Waals surface area contributed by atoms with Crippen LogP contribution < -0.4 is 24.3 Å². The molecule has 0 aromatic heterocycles. The SMILES string of the molecule is COc1cc(CNCc2ccc3c(c2)OCO3)cc(Cl)c1OCc1ccccc1. The lowest BCUT2D eigenvalue weighted by Gasteiger charge is -2.15. The molecule has 4 rings (SSSR count). The van der Waals surface area contributed by atoms with Gasteiger partial charge in [0.2, 0.25) is 6.79 Å². The summed E-state index contributed by atoms with van der Waals surface area (Å²) in [6, 6.07) is 19.7. The first-order valence-electron chi connectivity index (χ1n) is 9.35. The van der Waals surface area contributed by atoms with Crippen LogP contribution in [-0.4, -0.2) is 13.9 Å². The van der Waals surface area contributed by atoms with Crippen molar-refractivity contribution >= 4 is 11.6 Å². The van der Waals surface area contributed by atoms with Gasteiger partial charge in [0.05, 0.1) is 12.1 Å². The molecular weight excluding hydrogens is 390 g/mol. The van der Waals surface area contributed by atoms with E-state index in [2.05, 4.69) is 5.32 Å². The van der Waals surface area contributed by atoms with Crippen LogP contribution in [-0.2, 0) is 19.7 Å². The van der Waals surface area contributed by atoms with Crippen molar-refractivity contribution in [3.05, 3.63) is 82.4 Å². The molecule has 0 bridgehead atoms. The fraction of sp³-hybridized carbons (Fsp3) is 0.217. The molecule has 6 heteroatoms. The lowest BCUT2D eigenvalue weighted by atomic mass is 10.1. The van der Waals surface area contributed by atoms with E-state index in [-0.39, 0.29) is 6.79 Å². The molecule has 29 heavy (non-hydrogen) atoms. The molecule has 3 aromatic carbocycles. The van der Waals surface area contributed by atoms with Crippen LogP contribution in [0.5, 0.6) is 23.0 Å². The molecule has 0 saturated heterocycles. The summed E-state index contributed by atoms with van der Waals surface area (Å²) in [5, 5.41) is 3.94. The van der Waals surface area contributed by atoms with E-state index < -0.39 is 0 Å². The molecule has 0 atom stereocenters. The average molecular weight is 412 g/mol. The minimum atomic E-state index is 0.281. The fourth-order valence-corrected chi connectivity index (χ4v) is 3.44. The lowest BCUT2D eigenvalue weighted by molar-refractivity contribution is 0.174. The van der Waals surface area contributed by atoms with Gasteiger partial charge in [-0.3, -0.25) is 0 Å². The highest BCUT2D eigenvalue weighted by Crippen LogP contribution is 2.37. The van der Waals surface area contributed by atoms with E-state index in [9.17, 15) is 0 Å². The number of hydrogen-bond donors (Lipinski definition) is 1. The van der Waals surface area contributed by atoms with Crippen LogP contribution in [0.2, 0.25) is 5.02 Å². The van der Waals surface area contributed by atoms with Gasteiger partial charge in [-0.05, 0) is 41.0 Å². The Balaban J connectivity index is 1.38. The van der Waals surface area contributed by atoms with E-state index in [1.807, 2.05) is 60.7 Å². The van der Waals surface area contributed by atoms with Gasteiger partial charge in [-0.15, -0.1) is 0 Å². The molecule has 5 nitrogen and oxygen atoms in total. The predicted molar refractivity (Wildman–Crippen MR) is 112 cm³/mol. The largest absolute Gasteiger partial charge is 0.493 e. The number of fused-ring (bicyclic) bond motifs is 1. The number of ether oxygens (including phenoxy) is 4. The minimum absolute atomic E-state index is 0.281. The van der Waals surface area contributed by atoms with E-state index in [0.717, 1.165) is 28.2 Å². The molecule has 150 valence electrons. The van der Waals surface area contributed by atoms with Crippen molar-refractivity contribution in [3.63, 3.8) is 0 Å². The van der Waals surface area contributed by atoms with Crippen molar-refractivity contribution in [2.75, 3.05) is 13.9 Å². The molecule has 0 amide bonds. The maximum Gasteiger partial charge on any atom is 0.231 e. The van der Waals surface area contributed by atoms with Crippen molar-refractivity contribution in [1.82, 2.24) is 5.32 Å². The normalized spacial score (nSPS) is 12.1. The van der Waals surface area contributed by atoms with Crippen molar-refractivity contribution in [2.24, 2.45) is 0 Å². The van der Waals surface area contributed by atoms with Gasteiger partial charge in [-0.2, -0.15) is 0 Å². The zero-order valence-electron chi connectivity index (χ0n) is 16.1. The Morgan fingerprint density at radius 3 is 2.52 bits per heavy atom. The molecule has 0 saturated carbocycles. The molecule has 0 unspecified atom stereocenters. The van der Waals surface area contributed by atoms with Crippen molar-refractivity contribution in [1.29, 1.82) is 0 Å². The van der Waals surface area contributed by atoms with Crippen LogP contribution in [0.1, 0.15) is 16.7 Å². The Morgan fingerprint density at radius 2 is 1.69 bits per heavy atom. The van der Waals surface area contributed by atoms with Gasteiger partial charge in [-0.1, -0.05) is 48.0 Å². The van der Waals surface area contributed by atoms with Gasteiger partial charge < -0.3 is 24.3 Å². The Bertz CT molecular complexity index is 978. The third-order valence-corrected chi connectivity index (χ3v) is 4.89. The van der Waals surface area contributed by atoms with Crippen LogP contribution in [0.15, 0.2) is 60.7 Å². The van der Waals surface area contributed by atoms with Crippen LogP contribution in [0.3, 0.4) is 0 Å². The monoisotopic (exact) mass is 411 g/mol. The second-order valence-corrected chi connectivity index (χ2v) is 7.08. The molecule has 0 fully saturated rings. The number of rotatable bonds is 8. The zero-order valence-corrected chi connectivity index (χ0v) is 16.9. The maximum absolute atomic E-state index is 6.48. The summed E-state index contributed by atoms with van der Waals surface area (Å²) >= 11 is 6.48. The number of methoxy groups -OCH3 is 1. The van der Waals surface area contributed by atoms with E-state index in [0.29, 0.717) is 36.2 Å². The highest BCUT2D eigenvalue weighted by atomic mass is 35.5. The molecule has 0 aliphatic carbocycles. The third kappa shape index (κ3) is 4.75. The second-order valence-electron chi connectivity index (χ2n) is 6.67. The van der Waals surface area contributed by atoms with Crippen molar-refractivity contribution < 1.29 is 18.9 Å². The highest BCUT2D eigenvalue weighted by Gasteiger charge is 2.14. The van der Waals surface area contributed by atoms with Gasteiger partial charge in [-0.25, -0.2) is 0 Å². The van der Waals surface area contributed by atoms with Crippen LogP contribution in [0, 0.1) is 0 Å². The van der Waals surface area contributed by atoms with Gasteiger partial charge >= 0.3 is 0 Å². The molecule has 0 spiro atoms. The number of benzene rings is 3. The average Bonchev–Trinajstić information content (AvgIpc) is 3.21. The lowest BCUT2D eigenvalue weighted by Crippen LogP contribution is -2.13. The van der Waals surface area contributed by atoms with E-state index >= 15 is 0 Å². The summed E-state index contributed by atoms with van der Waals surface area (Å²) in [7, 11) is 1.62. The summed E-state index contributed by atoms with van der Waals surface area (Å²) in [5.74, 6) is 2.75. The van der Waals surface area contributed by atoms with Crippen molar-refractivity contribution in [3.8, 4) is 23.0 Å². The number of halogens is 1. The summed E-state index contributed by atoms with van der Waals surface area (Å²) in [5.41, 5.74) is 3.20. The molecule has 0 radical (unpaired) electrons. The molecular formula is C23H22ClNO4. The van der Waals surface area contributed by atoms with Gasteiger partial charge in [0.25, 0.3) is 0 Å². The number of hydrogen-bond acceptors (Lipinski definition) is 5. The topological polar surface area (TPSA) is 49.0 Å². The van der Waals surface area contributed by atoms with Gasteiger partial charge in [0.15, 0.2) is 23.0 Å². The number of nitrogens with one attached hydrogen (secondary N) is 1. The zero-order chi connectivity index (χ0) is 20.1. The van der Waals surface area contributed by atoms with Crippen LogP contribution in [0.25, 0.3) is 0 Å². The first-order chi connectivity index (χ1) is 14.2. The molecule has 1 aliphatic heterocycles. The molecule has 1 heterocycles. The summed E-state index contributed by atoms with van der Waals surface area (Å²) < 4.78 is 22.2. The Hall–Kier alpha value is -2.89. The quantitative estimate of drug-likeness (QED) is 0.568. The van der Waals surface area contributed by atoms with E-state index in [1.54, 1.807) is 7.11 Å². The summed E-state index contributed by atoms with van der Waals surface area (Å²) in [4.78, 5) is 0. The summed E-state index contributed by atoms with van der Waals surface area (Å²) in [6.07, 6.45) is 0. The minimum Gasteiger partial charge on any atom is -0.493 e. The van der Waals surface area contributed by atoms with E-state index in [1.165, 1.54) is 0 Å². The fourth-order valence-electron chi connectivity index (χ4n) is 3.15. The van der Waals surface area contributed by atoms with Crippen LogP contribution >= 0.6 is 11.6 Å². The van der Waals surface area contributed by atoms with Crippen molar-refractivity contribution in [2.45, 2.75) is 19.7 Å². The summed E-state index contributed by atoms with van der Waals surface area (Å²) in [6.45, 7) is 2.05. The maximum atomic E-state index is 6.48. The predicted octanol–water partition coefficient (Wildman–Crippen LogP) is 4.95. The van der Waals surface area contributed by atoms with Gasteiger partial charge in [0, 0.05) is 13.1 Å². The molecule has 1 aliphatic rings. The Morgan fingerprint density at radius 1 is 0.897 bits per heavy atom. The van der Waals surface area contributed by atoms with E-state index in [4.69, 9.17) is 30.5 Å². The Kier molecular flexibility index (Phi) is 6.08. The smallest absolute Gasteiger partial charge is 0.231 e. The first-order valence-corrected chi connectivity index (χ1v) is 9.73. The Labute approximate surface area is 175 Å². The third-order valence-electron chi connectivity index (χ3n) is 4.61.